The first kappa shape index (κ1) is 15.3. The largest absolute Gasteiger partial charge is 0.375 e. The van der Waals surface area contributed by atoms with Gasteiger partial charge in [-0.2, -0.15) is 0 Å². The predicted octanol–water partition coefficient (Wildman–Crippen LogP) is 3.98. The van der Waals surface area contributed by atoms with E-state index in [0.29, 0.717) is 17.5 Å². The third kappa shape index (κ3) is 4.46. The van der Waals surface area contributed by atoms with Gasteiger partial charge in [-0.1, -0.05) is 37.4 Å². The minimum absolute atomic E-state index is 0.354. The summed E-state index contributed by atoms with van der Waals surface area (Å²) in [5.74, 6) is 1.99. The number of rotatable bonds is 5. The van der Waals surface area contributed by atoms with Crippen LogP contribution in [0.25, 0.3) is 0 Å². The number of aryl methyl sites for hydroxylation is 1. The first-order valence-corrected chi connectivity index (χ1v) is 9.30. The Hall–Kier alpha value is -0.550. The van der Waals surface area contributed by atoms with Gasteiger partial charge in [-0.3, -0.25) is 5.10 Å². The lowest BCUT2D eigenvalue weighted by molar-refractivity contribution is -0.0265. The van der Waals surface area contributed by atoms with E-state index in [4.69, 9.17) is 4.74 Å². The molecule has 5 heteroatoms. The lowest BCUT2D eigenvalue weighted by atomic mass is 10.0. The van der Waals surface area contributed by atoms with E-state index >= 15 is 0 Å². The summed E-state index contributed by atoms with van der Waals surface area (Å²) in [5.41, 5.74) is 0. The second-order valence-electron chi connectivity index (χ2n) is 6.72. The number of hydrogen-bond donors (Lipinski definition) is 1. The lowest BCUT2D eigenvalue weighted by Crippen LogP contribution is -2.30. The molecule has 1 aliphatic heterocycles. The van der Waals surface area contributed by atoms with Crippen molar-refractivity contribution < 1.29 is 4.74 Å². The van der Waals surface area contributed by atoms with Crippen LogP contribution >= 0.6 is 11.8 Å². The molecule has 0 radical (unpaired) electrons. The Kier molecular flexibility index (Phi) is 5.22. The van der Waals surface area contributed by atoms with Gasteiger partial charge in [0.15, 0.2) is 0 Å². The summed E-state index contributed by atoms with van der Waals surface area (Å²) in [6.07, 6.45) is 10.9. The smallest absolute Gasteiger partial charge is 0.208 e. The monoisotopic (exact) mass is 309 g/mol. The van der Waals surface area contributed by atoms with E-state index in [1.165, 1.54) is 32.1 Å². The maximum atomic E-state index is 5.79. The van der Waals surface area contributed by atoms with Gasteiger partial charge in [-0.05, 0) is 39.0 Å². The Morgan fingerprint density at radius 2 is 1.90 bits per heavy atom. The summed E-state index contributed by atoms with van der Waals surface area (Å²) < 4.78 is 5.79. The molecule has 1 N–H and O–H groups in total. The zero-order valence-corrected chi connectivity index (χ0v) is 14.0. The summed E-state index contributed by atoms with van der Waals surface area (Å²) in [6, 6.07) is 0. The molecule has 2 aliphatic rings. The highest BCUT2D eigenvalue weighted by Crippen LogP contribution is 2.32. The van der Waals surface area contributed by atoms with Crippen molar-refractivity contribution in [3.05, 3.63) is 5.82 Å². The highest BCUT2D eigenvalue weighted by molar-refractivity contribution is 7.99. The molecule has 1 aromatic heterocycles. The molecule has 2 heterocycles. The highest BCUT2D eigenvalue weighted by atomic mass is 32.2. The molecule has 0 bridgehead atoms. The molecule has 2 fully saturated rings. The van der Waals surface area contributed by atoms with Crippen LogP contribution in [-0.4, -0.2) is 32.6 Å². The second-order valence-corrected chi connectivity index (χ2v) is 7.99. The minimum atomic E-state index is 0.354. The Balaban J connectivity index is 1.47. The number of hydrogen-bond acceptors (Lipinski definition) is 4. The maximum absolute atomic E-state index is 5.79. The topological polar surface area (TPSA) is 50.8 Å². The first-order chi connectivity index (χ1) is 10.2. The average Bonchev–Trinajstić information content (AvgIpc) is 3.06. The number of aromatic nitrogens is 3. The predicted molar refractivity (Wildman–Crippen MR) is 85.5 cm³/mol. The summed E-state index contributed by atoms with van der Waals surface area (Å²) in [4.78, 5) is 4.67. The van der Waals surface area contributed by atoms with Gasteiger partial charge in [0, 0.05) is 11.7 Å². The van der Waals surface area contributed by atoms with Crippen molar-refractivity contribution in [3.63, 3.8) is 0 Å². The van der Waals surface area contributed by atoms with Crippen molar-refractivity contribution >= 4 is 11.8 Å². The van der Waals surface area contributed by atoms with Gasteiger partial charge in [0.1, 0.15) is 5.82 Å². The summed E-state index contributed by atoms with van der Waals surface area (Å²) in [5, 5.41) is 9.02. The molecule has 1 saturated heterocycles. The Labute approximate surface area is 131 Å². The molecule has 3 rings (SSSR count). The molecule has 4 nitrogen and oxygen atoms in total. The Morgan fingerprint density at radius 3 is 2.62 bits per heavy atom. The third-order valence-corrected chi connectivity index (χ3v) is 5.81. The minimum Gasteiger partial charge on any atom is -0.375 e. The summed E-state index contributed by atoms with van der Waals surface area (Å²) >= 11 is 1.82. The zero-order chi connectivity index (χ0) is 14.7. The first-order valence-electron chi connectivity index (χ1n) is 8.42. The zero-order valence-electron chi connectivity index (χ0n) is 13.2. The van der Waals surface area contributed by atoms with Crippen molar-refractivity contribution in [3.8, 4) is 0 Å². The Morgan fingerprint density at radius 1 is 1.19 bits per heavy atom. The number of thioether (sulfide) groups is 1. The maximum Gasteiger partial charge on any atom is 0.208 e. The van der Waals surface area contributed by atoms with Crippen LogP contribution in [0.15, 0.2) is 5.16 Å². The average molecular weight is 309 g/mol. The number of aromatic amines is 1. The van der Waals surface area contributed by atoms with Crippen LogP contribution in [0.3, 0.4) is 0 Å². The molecule has 1 aliphatic carbocycles. The quantitative estimate of drug-likeness (QED) is 0.894. The molecule has 0 aromatic carbocycles. The molecule has 0 amide bonds. The summed E-state index contributed by atoms with van der Waals surface area (Å²) in [7, 11) is 0. The van der Waals surface area contributed by atoms with Crippen molar-refractivity contribution in [1.29, 1.82) is 0 Å². The van der Waals surface area contributed by atoms with Gasteiger partial charge in [-0.25, -0.2) is 4.98 Å². The molecule has 1 aromatic rings. The van der Waals surface area contributed by atoms with Crippen LogP contribution in [0.2, 0.25) is 0 Å². The van der Waals surface area contributed by atoms with Gasteiger partial charge < -0.3 is 4.74 Å². The van der Waals surface area contributed by atoms with Crippen LogP contribution in [-0.2, 0) is 11.2 Å². The van der Waals surface area contributed by atoms with Gasteiger partial charge in [0.05, 0.1) is 12.2 Å². The lowest BCUT2D eigenvalue weighted by Gasteiger charge is -2.30. The van der Waals surface area contributed by atoms with Crippen LogP contribution in [0.1, 0.15) is 64.6 Å². The van der Waals surface area contributed by atoms with Gasteiger partial charge in [-0.15, -0.1) is 5.10 Å². The van der Waals surface area contributed by atoms with Crippen LogP contribution < -0.4 is 0 Å². The molecule has 21 heavy (non-hydrogen) atoms. The van der Waals surface area contributed by atoms with E-state index < -0.39 is 0 Å². The standard InChI is InChI=1S/C16H27N3OS/c1-11-9-14(10-12(2)20-11)21-16-17-15(18-19-16)8-7-13-5-3-4-6-13/h11-14H,3-10H2,1-2H3,(H,17,18,19)/t11-,12+,14?. The molecular weight excluding hydrogens is 282 g/mol. The normalized spacial score (nSPS) is 30.9. The number of H-pyrrole nitrogens is 1. The molecule has 1 unspecified atom stereocenters. The van der Waals surface area contributed by atoms with Crippen LogP contribution in [0.4, 0.5) is 0 Å². The second kappa shape index (κ2) is 7.14. The van der Waals surface area contributed by atoms with E-state index in [2.05, 4.69) is 29.0 Å². The van der Waals surface area contributed by atoms with E-state index in [9.17, 15) is 0 Å². The van der Waals surface area contributed by atoms with Gasteiger partial charge in [0.2, 0.25) is 5.16 Å². The van der Waals surface area contributed by atoms with E-state index in [1.54, 1.807) is 0 Å². The molecule has 118 valence electrons. The van der Waals surface area contributed by atoms with Crippen molar-refractivity contribution in [2.75, 3.05) is 0 Å². The van der Waals surface area contributed by atoms with Crippen LogP contribution in [0, 0.1) is 5.92 Å². The van der Waals surface area contributed by atoms with Crippen LogP contribution in [0.5, 0.6) is 0 Å². The highest BCUT2D eigenvalue weighted by Gasteiger charge is 2.26. The van der Waals surface area contributed by atoms with E-state index in [0.717, 1.165) is 36.2 Å². The van der Waals surface area contributed by atoms with Crippen molar-refractivity contribution in [2.45, 2.75) is 87.8 Å². The summed E-state index contributed by atoms with van der Waals surface area (Å²) in [6.45, 7) is 4.32. The van der Waals surface area contributed by atoms with Gasteiger partial charge >= 0.3 is 0 Å². The number of nitrogens with one attached hydrogen (secondary N) is 1. The number of nitrogens with zero attached hydrogens (tertiary/aromatic N) is 2. The number of ether oxygens (including phenoxy) is 1. The molecule has 0 spiro atoms. The fraction of sp³-hybridized carbons (Fsp3) is 0.875. The van der Waals surface area contributed by atoms with Gasteiger partial charge in [0.25, 0.3) is 0 Å². The van der Waals surface area contributed by atoms with E-state index in [-0.39, 0.29) is 0 Å². The fourth-order valence-corrected chi connectivity index (χ4v) is 4.97. The third-order valence-electron chi connectivity index (χ3n) is 4.70. The van der Waals surface area contributed by atoms with E-state index in [1.807, 2.05) is 11.8 Å². The SMILES string of the molecule is C[C@@H]1CC(Sc2n[nH]c(CCC3CCCC3)n2)C[C@H](C)O1. The van der Waals surface area contributed by atoms with Crippen molar-refractivity contribution in [1.82, 2.24) is 15.2 Å². The van der Waals surface area contributed by atoms with Crippen molar-refractivity contribution in [2.24, 2.45) is 5.92 Å². The fourth-order valence-electron chi connectivity index (χ4n) is 3.67. The molecule has 3 atom stereocenters. The Bertz CT molecular complexity index is 434. The molecule has 1 saturated carbocycles. The molecular formula is C16H27N3OS.